The van der Waals surface area contributed by atoms with Gasteiger partial charge in [0.2, 0.25) is 11.8 Å². The van der Waals surface area contributed by atoms with Crippen molar-refractivity contribution in [2.24, 2.45) is 0 Å². The minimum Gasteiger partial charge on any atom is -0.326 e. The Labute approximate surface area is 77.8 Å². The summed E-state index contributed by atoms with van der Waals surface area (Å²) in [5.74, 6) is -0.0896. The van der Waals surface area contributed by atoms with Gasteiger partial charge >= 0.3 is 0 Å². The summed E-state index contributed by atoms with van der Waals surface area (Å²) < 4.78 is 0. The van der Waals surface area contributed by atoms with E-state index in [9.17, 15) is 9.59 Å². The van der Waals surface area contributed by atoms with Crippen LogP contribution in [0.15, 0.2) is 11.6 Å². The molecule has 1 fully saturated rings. The Kier molecular flexibility index (Phi) is 2.70. The molecule has 72 valence electrons. The minimum absolute atomic E-state index is 0.00416. The van der Waals surface area contributed by atoms with E-state index in [2.05, 4.69) is 0 Å². The van der Waals surface area contributed by atoms with Gasteiger partial charge in [-0.2, -0.15) is 0 Å². The van der Waals surface area contributed by atoms with Crippen LogP contribution in [-0.4, -0.2) is 41.9 Å². The Morgan fingerprint density at radius 1 is 1.46 bits per heavy atom. The predicted octanol–water partition coefficient (Wildman–Crippen LogP) is 0.211. The molecule has 0 radical (unpaired) electrons. The highest BCUT2D eigenvalue weighted by molar-refractivity contribution is 5.93. The molecule has 4 nitrogen and oxygen atoms in total. The van der Waals surface area contributed by atoms with Crippen molar-refractivity contribution in [3.63, 3.8) is 0 Å². The van der Waals surface area contributed by atoms with E-state index in [4.69, 9.17) is 0 Å². The molecule has 0 bridgehead atoms. The molecule has 0 N–H and O–H groups in total. The van der Waals surface area contributed by atoms with Gasteiger partial charge in [0.15, 0.2) is 0 Å². The van der Waals surface area contributed by atoms with E-state index in [0.717, 1.165) is 5.57 Å². The lowest BCUT2D eigenvalue weighted by atomic mass is 10.3. The third-order valence-corrected chi connectivity index (χ3v) is 1.86. The summed E-state index contributed by atoms with van der Waals surface area (Å²) in [4.78, 5) is 25.6. The van der Waals surface area contributed by atoms with Gasteiger partial charge in [-0.3, -0.25) is 9.59 Å². The third-order valence-electron chi connectivity index (χ3n) is 1.86. The maximum Gasteiger partial charge on any atom is 0.248 e. The minimum atomic E-state index is -0.0855. The molecule has 0 aliphatic carbocycles. The average molecular weight is 182 g/mol. The van der Waals surface area contributed by atoms with Gasteiger partial charge < -0.3 is 9.80 Å². The summed E-state index contributed by atoms with van der Waals surface area (Å²) in [5.41, 5.74) is 0.951. The van der Waals surface area contributed by atoms with E-state index >= 15 is 0 Å². The number of allylic oxidation sites excluding steroid dienone is 1. The molecule has 0 aromatic heterocycles. The van der Waals surface area contributed by atoms with E-state index in [0.29, 0.717) is 6.67 Å². The van der Waals surface area contributed by atoms with Crippen LogP contribution in [0.25, 0.3) is 0 Å². The van der Waals surface area contributed by atoms with Gasteiger partial charge in [-0.15, -0.1) is 0 Å². The highest BCUT2D eigenvalue weighted by atomic mass is 16.2. The molecule has 1 aliphatic rings. The largest absolute Gasteiger partial charge is 0.326 e. The van der Waals surface area contributed by atoms with Crippen LogP contribution in [0, 0.1) is 0 Å². The molecule has 4 heteroatoms. The second kappa shape index (κ2) is 3.60. The number of hydrogen-bond acceptors (Lipinski definition) is 2. The molecule has 0 unspecified atom stereocenters. The Balaban J connectivity index is 2.61. The summed E-state index contributed by atoms with van der Waals surface area (Å²) in [5, 5.41) is 0. The number of rotatable bonds is 1. The Morgan fingerprint density at radius 3 is 2.46 bits per heavy atom. The van der Waals surface area contributed by atoms with Gasteiger partial charge in [0.1, 0.15) is 6.54 Å². The first-order valence-electron chi connectivity index (χ1n) is 4.18. The van der Waals surface area contributed by atoms with Crippen LogP contribution in [0.1, 0.15) is 13.8 Å². The van der Waals surface area contributed by atoms with Gasteiger partial charge in [0, 0.05) is 13.1 Å². The Morgan fingerprint density at radius 2 is 2.08 bits per heavy atom. The summed E-state index contributed by atoms with van der Waals surface area (Å²) in [6, 6.07) is 0. The lowest BCUT2D eigenvalue weighted by molar-refractivity contribution is -0.128. The zero-order chi connectivity index (χ0) is 10.0. The highest BCUT2D eigenvalue weighted by Gasteiger charge is 2.26. The maximum atomic E-state index is 11.4. The maximum absolute atomic E-state index is 11.4. The van der Waals surface area contributed by atoms with Crippen molar-refractivity contribution >= 4 is 11.8 Å². The summed E-state index contributed by atoms with van der Waals surface area (Å²) >= 11 is 0. The number of nitrogens with zero attached hydrogens (tertiary/aromatic N) is 2. The molecule has 1 saturated heterocycles. The van der Waals surface area contributed by atoms with Crippen LogP contribution in [0.2, 0.25) is 0 Å². The van der Waals surface area contributed by atoms with Crippen molar-refractivity contribution in [1.29, 1.82) is 0 Å². The molecule has 0 aromatic carbocycles. The van der Waals surface area contributed by atoms with Crippen molar-refractivity contribution in [3.8, 4) is 0 Å². The van der Waals surface area contributed by atoms with Gasteiger partial charge in [0.05, 0.1) is 6.67 Å². The smallest absolute Gasteiger partial charge is 0.248 e. The van der Waals surface area contributed by atoms with Crippen LogP contribution in [0.4, 0.5) is 0 Å². The van der Waals surface area contributed by atoms with Crippen LogP contribution in [0.3, 0.4) is 0 Å². The molecule has 0 saturated carbocycles. The SMILES string of the molecule is CC(C)=CC(=O)N1CC(=O)N(C)C1. The van der Waals surface area contributed by atoms with Gasteiger partial charge in [-0.1, -0.05) is 5.57 Å². The van der Waals surface area contributed by atoms with Gasteiger partial charge in [0.25, 0.3) is 0 Å². The first kappa shape index (κ1) is 9.77. The van der Waals surface area contributed by atoms with E-state index in [-0.39, 0.29) is 18.4 Å². The van der Waals surface area contributed by atoms with Gasteiger partial charge in [-0.25, -0.2) is 0 Å². The normalized spacial score (nSPS) is 16.4. The predicted molar refractivity (Wildman–Crippen MR) is 48.8 cm³/mol. The van der Waals surface area contributed by atoms with E-state index in [1.165, 1.54) is 9.80 Å². The zero-order valence-electron chi connectivity index (χ0n) is 8.20. The molecular formula is C9H14N2O2. The molecule has 1 rings (SSSR count). The number of carbonyl (C=O) groups is 2. The molecule has 0 atom stereocenters. The van der Waals surface area contributed by atoms with Crippen LogP contribution >= 0.6 is 0 Å². The first-order chi connectivity index (χ1) is 6.00. The summed E-state index contributed by atoms with van der Waals surface area (Å²) in [7, 11) is 1.69. The van der Waals surface area contributed by atoms with Crippen molar-refractivity contribution in [3.05, 3.63) is 11.6 Å². The molecule has 1 aliphatic heterocycles. The number of amides is 2. The molecule has 0 aromatic rings. The van der Waals surface area contributed by atoms with E-state index in [1.807, 2.05) is 13.8 Å². The quantitative estimate of drug-likeness (QED) is 0.544. The van der Waals surface area contributed by atoms with E-state index < -0.39 is 0 Å². The fourth-order valence-corrected chi connectivity index (χ4v) is 1.15. The van der Waals surface area contributed by atoms with Crippen molar-refractivity contribution in [1.82, 2.24) is 9.80 Å². The summed E-state index contributed by atoms with van der Waals surface area (Å²) in [6.07, 6.45) is 1.55. The van der Waals surface area contributed by atoms with Crippen LogP contribution in [-0.2, 0) is 9.59 Å². The number of hydrogen-bond donors (Lipinski definition) is 0. The monoisotopic (exact) mass is 182 g/mol. The molecule has 13 heavy (non-hydrogen) atoms. The standard InChI is InChI=1S/C9H14N2O2/c1-7(2)4-8(12)11-5-9(13)10(3)6-11/h4H,5-6H2,1-3H3. The second-order valence-electron chi connectivity index (χ2n) is 3.49. The molecule has 2 amide bonds. The topological polar surface area (TPSA) is 40.6 Å². The van der Waals surface area contributed by atoms with Crippen LogP contribution < -0.4 is 0 Å². The van der Waals surface area contributed by atoms with Crippen LogP contribution in [0.5, 0.6) is 0 Å². The summed E-state index contributed by atoms with van der Waals surface area (Å²) in [6.45, 7) is 4.33. The van der Waals surface area contributed by atoms with Crippen molar-refractivity contribution in [2.75, 3.05) is 20.3 Å². The fourth-order valence-electron chi connectivity index (χ4n) is 1.15. The zero-order valence-corrected chi connectivity index (χ0v) is 8.20. The molecular weight excluding hydrogens is 168 g/mol. The van der Waals surface area contributed by atoms with Gasteiger partial charge in [-0.05, 0) is 13.8 Å². The third kappa shape index (κ3) is 2.31. The lowest BCUT2D eigenvalue weighted by Crippen LogP contribution is -2.28. The lowest BCUT2D eigenvalue weighted by Gasteiger charge is -2.12. The van der Waals surface area contributed by atoms with Crippen molar-refractivity contribution in [2.45, 2.75) is 13.8 Å². The average Bonchev–Trinajstić information content (AvgIpc) is 2.31. The second-order valence-corrected chi connectivity index (χ2v) is 3.49. The molecule has 0 spiro atoms. The number of likely N-dealkylation sites (N-methyl/N-ethyl adjacent to an activating group) is 1. The molecule has 1 heterocycles. The first-order valence-corrected chi connectivity index (χ1v) is 4.18. The Hall–Kier alpha value is -1.32. The number of carbonyl (C=O) groups excluding carboxylic acids is 2. The van der Waals surface area contributed by atoms with E-state index in [1.54, 1.807) is 13.1 Å². The highest BCUT2D eigenvalue weighted by Crippen LogP contribution is 2.05. The Bertz CT molecular complexity index is 267. The fraction of sp³-hybridized carbons (Fsp3) is 0.556. The van der Waals surface area contributed by atoms with Crippen molar-refractivity contribution < 1.29 is 9.59 Å².